The molecule has 2 heterocycles. The molecule has 0 aliphatic carbocycles. The van der Waals surface area contributed by atoms with Crippen LogP contribution in [0.2, 0.25) is 0 Å². The zero-order chi connectivity index (χ0) is 13.3. The summed E-state index contributed by atoms with van der Waals surface area (Å²) >= 11 is 0. The van der Waals surface area contributed by atoms with Crippen LogP contribution in [0.25, 0.3) is 0 Å². The van der Waals surface area contributed by atoms with Crippen molar-refractivity contribution in [3.8, 4) is 0 Å². The fraction of sp³-hybridized carbons (Fsp3) is 0.417. The van der Waals surface area contributed by atoms with E-state index < -0.39 is 5.97 Å². The number of carboxylic acid groups (broad SMARTS) is 1. The molecule has 2 rings (SSSR count). The minimum Gasteiger partial charge on any atom is -0.478 e. The van der Waals surface area contributed by atoms with Crippen molar-refractivity contribution in [3.63, 3.8) is 0 Å². The van der Waals surface area contributed by atoms with Crippen molar-refractivity contribution in [1.29, 1.82) is 0 Å². The Morgan fingerprint density at radius 2 is 2.11 bits per heavy atom. The highest BCUT2D eigenvalue weighted by Gasteiger charge is 2.14. The molecule has 96 valence electrons. The second-order valence-electron chi connectivity index (χ2n) is 4.20. The fourth-order valence-corrected chi connectivity index (χ4v) is 1.97. The van der Waals surface area contributed by atoms with Gasteiger partial charge >= 0.3 is 5.97 Å². The number of aryl methyl sites for hydroxylation is 2. The number of hydrogen-bond acceptors (Lipinski definition) is 3. The second kappa shape index (κ2) is 4.64. The first-order chi connectivity index (χ1) is 8.52. The molecule has 0 amide bonds. The molecule has 0 saturated heterocycles. The van der Waals surface area contributed by atoms with Gasteiger partial charge in [-0.3, -0.25) is 9.36 Å². The number of aromatic nitrogens is 4. The van der Waals surface area contributed by atoms with Gasteiger partial charge in [-0.15, -0.1) is 0 Å². The topological polar surface area (TPSA) is 72.9 Å². The molecule has 0 aliphatic rings. The van der Waals surface area contributed by atoms with Crippen LogP contribution in [-0.4, -0.2) is 30.6 Å². The Kier molecular flexibility index (Phi) is 3.18. The van der Waals surface area contributed by atoms with Crippen molar-refractivity contribution in [2.24, 2.45) is 0 Å². The Morgan fingerprint density at radius 1 is 1.39 bits per heavy atom. The van der Waals surface area contributed by atoms with Gasteiger partial charge in [-0.2, -0.15) is 10.2 Å². The quantitative estimate of drug-likeness (QED) is 0.889. The van der Waals surface area contributed by atoms with Gasteiger partial charge in [0, 0.05) is 6.54 Å². The first-order valence-electron chi connectivity index (χ1n) is 5.82. The summed E-state index contributed by atoms with van der Waals surface area (Å²) in [5.41, 5.74) is 2.88. The van der Waals surface area contributed by atoms with Crippen molar-refractivity contribution < 1.29 is 9.90 Å². The van der Waals surface area contributed by atoms with Gasteiger partial charge in [0.2, 0.25) is 0 Å². The van der Waals surface area contributed by atoms with Crippen molar-refractivity contribution in [2.75, 3.05) is 0 Å². The van der Waals surface area contributed by atoms with Crippen molar-refractivity contribution in [2.45, 2.75) is 33.9 Å². The van der Waals surface area contributed by atoms with E-state index in [2.05, 4.69) is 10.2 Å². The molecule has 0 radical (unpaired) electrons. The Hall–Kier alpha value is -2.11. The highest BCUT2D eigenvalue weighted by atomic mass is 16.4. The zero-order valence-electron chi connectivity index (χ0n) is 10.7. The van der Waals surface area contributed by atoms with E-state index in [1.807, 2.05) is 24.6 Å². The molecule has 0 spiro atoms. The number of nitrogens with zero attached hydrogens (tertiary/aromatic N) is 4. The number of aromatic carboxylic acids is 1. The maximum absolute atomic E-state index is 10.9. The van der Waals surface area contributed by atoms with Crippen LogP contribution in [0, 0.1) is 13.8 Å². The molecule has 0 bridgehead atoms. The van der Waals surface area contributed by atoms with Crippen molar-refractivity contribution in [1.82, 2.24) is 19.6 Å². The van der Waals surface area contributed by atoms with Gasteiger partial charge in [-0.1, -0.05) is 0 Å². The van der Waals surface area contributed by atoms with Gasteiger partial charge in [-0.05, 0) is 26.8 Å². The minimum absolute atomic E-state index is 0.245. The van der Waals surface area contributed by atoms with E-state index in [-0.39, 0.29) is 5.56 Å². The van der Waals surface area contributed by atoms with Crippen LogP contribution in [0.3, 0.4) is 0 Å². The molecule has 0 fully saturated rings. The number of carbonyl (C=O) groups is 1. The van der Waals surface area contributed by atoms with E-state index in [0.29, 0.717) is 12.2 Å². The lowest BCUT2D eigenvalue weighted by molar-refractivity contribution is 0.0696. The van der Waals surface area contributed by atoms with Gasteiger partial charge in [0.05, 0.1) is 29.8 Å². The van der Waals surface area contributed by atoms with Gasteiger partial charge in [-0.25, -0.2) is 4.79 Å². The molecule has 0 aromatic carbocycles. The normalized spacial score (nSPS) is 10.8. The molecular weight excluding hydrogens is 232 g/mol. The lowest BCUT2D eigenvalue weighted by atomic mass is 10.2. The average Bonchev–Trinajstić information content (AvgIpc) is 2.84. The molecule has 0 saturated carbocycles. The third kappa shape index (κ3) is 2.13. The number of hydrogen-bond donors (Lipinski definition) is 1. The molecular formula is C12H16N4O2. The van der Waals surface area contributed by atoms with E-state index in [0.717, 1.165) is 17.9 Å². The van der Waals surface area contributed by atoms with Crippen molar-refractivity contribution >= 4 is 5.97 Å². The van der Waals surface area contributed by atoms with E-state index >= 15 is 0 Å². The number of carboxylic acids is 1. The molecule has 18 heavy (non-hydrogen) atoms. The second-order valence-corrected chi connectivity index (χ2v) is 4.20. The Balaban J connectivity index is 2.31. The minimum atomic E-state index is -0.945. The van der Waals surface area contributed by atoms with E-state index in [4.69, 9.17) is 5.11 Å². The lowest BCUT2D eigenvalue weighted by Gasteiger charge is -2.06. The van der Waals surface area contributed by atoms with Gasteiger partial charge in [0.15, 0.2) is 0 Å². The maximum Gasteiger partial charge on any atom is 0.339 e. The third-order valence-corrected chi connectivity index (χ3v) is 2.93. The highest BCUT2D eigenvalue weighted by molar-refractivity contribution is 5.88. The molecule has 2 aromatic rings. The first kappa shape index (κ1) is 12.3. The molecule has 0 aliphatic heterocycles. The summed E-state index contributed by atoms with van der Waals surface area (Å²) in [6.07, 6.45) is 1.39. The molecule has 2 aromatic heterocycles. The van der Waals surface area contributed by atoms with Crippen LogP contribution < -0.4 is 0 Å². The SMILES string of the molecule is CCn1nc(C)cc1Cn1ncc(C(=O)O)c1C. The smallest absolute Gasteiger partial charge is 0.339 e. The summed E-state index contributed by atoms with van der Waals surface area (Å²) in [4.78, 5) is 10.9. The van der Waals surface area contributed by atoms with Gasteiger partial charge in [0.25, 0.3) is 0 Å². The predicted octanol–water partition coefficient (Wildman–Crippen LogP) is 1.46. The average molecular weight is 248 g/mol. The first-order valence-corrected chi connectivity index (χ1v) is 5.82. The fourth-order valence-electron chi connectivity index (χ4n) is 1.97. The summed E-state index contributed by atoms with van der Waals surface area (Å²) in [5, 5.41) is 17.4. The molecule has 6 heteroatoms. The Morgan fingerprint density at radius 3 is 2.67 bits per heavy atom. The maximum atomic E-state index is 10.9. The standard InChI is InChI=1S/C12H16N4O2/c1-4-15-10(5-8(2)14-15)7-16-9(3)11(6-13-16)12(17)18/h5-6H,4,7H2,1-3H3,(H,17,18). The van der Waals surface area contributed by atoms with Crippen LogP contribution in [0.15, 0.2) is 12.3 Å². The Bertz CT molecular complexity index is 583. The Labute approximate surface area is 105 Å². The van der Waals surface area contributed by atoms with Crippen LogP contribution >= 0.6 is 0 Å². The monoisotopic (exact) mass is 248 g/mol. The van der Waals surface area contributed by atoms with Gasteiger partial charge < -0.3 is 5.11 Å². The van der Waals surface area contributed by atoms with Crippen LogP contribution in [0.5, 0.6) is 0 Å². The molecule has 6 nitrogen and oxygen atoms in total. The summed E-state index contributed by atoms with van der Waals surface area (Å²) in [5.74, 6) is -0.945. The highest BCUT2D eigenvalue weighted by Crippen LogP contribution is 2.11. The molecule has 1 N–H and O–H groups in total. The lowest BCUT2D eigenvalue weighted by Crippen LogP contribution is -2.10. The van der Waals surface area contributed by atoms with E-state index in [9.17, 15) is 4.79 Å². The van der Waals surface area contributed by atoms with Crippen LogP contribution in [0.1, 0.15) is 34.4 Å². The van der Waals surface area contributed by atoms with Crippen LogP contribution in [0.4, 0.5) is 0 Å². The summed E-state index contributed by atoms with van der Waals surface area (Å²) in [6, 6.07) is 1.99. The predicted molar refractivity (Wildman–Crippen MR) is 65.7 cm³/mol. The summed E-state index contributed by atoms with van der Waals surface area (Å²) in [7, 11) is 0. The number of rotatable bonds is 4. The largest absolute Gasteiger partial charge is 0.478 e. The zero-order valence-corrected chi connectivity index (χ0v) is 10.7. The van der Waals surface area contributed by atoms with Gasteiger partial charge in [0.1, 0.15) is 5.56 Å². The van der Waals surface area contributed by atoms with E-state index in [1.165, 1.54) is 6.20 Å². The van der Waals surface area contributed by atoms with Crippen molar-refractivity contribution in [3.05, 3.63) is 34.9 Å². The third-order valence-electron chi connectivity index (χ3n) is 2.93. The summed E-state index contributed by atoms with van der Waals surface area (Å²) in [6.45, 7) is 7.04. The molecule has 0 atom stereocenters. The van der Waals surface area contributed by atoms with E-state index in [1.54, 1.807) is 11.6 Å². The van der Waals surface area contributed by atoms with Crippen LogP contribution in [-0.2, 0) is 13.1 Å². The molecule has 0 unspecified atom stereocenters. The summed E-state index contributed by atoms with van der Waals surface area (Å²) < 4.78 is 3.59.